The van der Waals surface area contributed by atoms with Crippen molar-refractivity contribution >= 4 is 45.1 Å². The molecule has 2 aliphatic carbocycles. The number of amides is 2. The molecule has 0 saturated heterocycles. The molecule has 8 heteroatoms. The fraction of sp³-hybridized carbons (Fsp3) is 0.556. The van der Waals surface area contributed by atoms with Gasteiger partial charge in [0.15, 0.2) is 0 Å². The van der Waals surface area contributed by atoms with E-state index < -0.39 is 0 Å². The molecule has 6 nitrogen and oxygen atoms in total. The molecular formula is C18H22N4O2S2. The van der Waals surface area contributed by atoms with Crippen LogP contribution in [0.1, 0.15) is 55.3 Å². The van der Waals surface area contributed by atoms with Gasteiger partial charge in [0, 0.05) is 23.1 Å². The van der Waals surface area contributed by atoms with E-state index in [1.54, 1.807) is 11.3 Å². The Bertz CT molecular complexity index is 876. The molecule has 1 atom stereocenters. The third kappa shape index (κ3) is 3.71. The first kappa shape index (κ1) is 17.7. The maximum absolute atomic E-state index is 12.0. The molecule has 26 heavy (non-hydrogen) atoms. The minimum atomic E-state index is -0.287. The number of hydrogen-bond acceptors (Lipinski definition) is 6. The predicted molar refractivity (Wildman–Crippen MR) is 103 cm³/mol. The standard InChI is InChI=1S/C18H22N4O2S2/c1-9-3-6-12-13(7-9)26-18-15(12)17(19-16(20-18)11-4-5-11)25-8-14(24)22-21-10(2)23/h9,11H,3-8H2,1-2H3,(H,21,23)(H,22,24). The van der Waals surface area contributed by atoms with Gasteiger partial charge in [0.05, 0.1) is 5.75 Å². The molecule has 1 unspecified atom stereocenters. The lowest BCUT2D eigenvalue weighted by molar-refractivity contribution is -0.126. The number of carbonyl (C=O) groups excluding carboxylic acids is 2. The first-order valence-corrected chi connectivity index (χ1v) is 10.8. The van der Waals surface area contributed by atoms with Gasteiger partial charge in [0.1, 0.15) is 15.7 Å². The van der Waals surface area contributed by atoms with Crippen molar-refractivity contribution in [3.63, 3.8) is 0 Å². The summed E-state index contributed by atoms with van der Waals surface area (Å²) in [4.78, 5) is 35.1. The highest BCUT2D eigenvalue weighted by Gasteiger charge is 2.30. The molecule has 1 saturated carbocycles. The largest absolute Gasteiger partial charge is 0.274 e. The lowest BCUT2D eigenvalue weighted by atomic mass is 9.89. The van der Waals surface area contributed by atoms with Gasteiger partial charge in [-0.25, -0.2) is 9.97 Å². The number of fused-ring (bicyclic) bond motifs is 3. The summed E-state index contributed by atoms with van der Waals surface area (Å²) in [5.41, 5.74) is 6.12. The second-order valence-corrected chi connectivity index (χ2v) is 9.26. The zero-order valence-electron chi connectivity index (χ0n) is 14.9. The van der Waals surface area contributed by atoms with E-state index in [-0.39, 0.29) is 17.6 Å². The first-order chi connectivity index (χ1) is 12.5. The number of aryl methyl sites for hydroxylation is 1. The highest BCUT2D eigenvalue weighted by atomic mass is 32.2. The Balaban J connectivity index is 1.63. The summed E-state index contributed by atoms with van der Waals surface area (Å²) in [5.74, 6) is 1.81. The molecular weight excluding hydrogens is 368 g/mol. The van der Waals surface area contributed by atoms with Crippen LogP contribution in [0.4, 0.5) is 0 Å². The summed E-state index contributed by atoms with van der Waals surface area (Å²) < 4.78 is 0. The van der Waals surface area contributed by atoms with Crippen molar-refractivity contribution in [1.82, 2.24) is 20.8 Å². The smallest absolute Gasteiger partial charge is 0.248 e. The van der Waals surface area contributed by atoms with Gasteiger partial charge in [-0.15, -0.1) is 11.3 Å². The van der Waals surface area contributed by atoms with Crippen molar-refractivity contribution < 1.29 is 9.59 Å². The van der Waals surface area contributed by atoms with Crippen LogP contribution in [0.25, 0.3) is 10.2 Å². The van der Waals surface area contributed by atoms with Crippen LogP contribution in [0.2, 0.25) is 0 Å². The molecule has 2 N–H and O–H groups in total. The van der Waals surface area contributed by atoms with E-state index >= 15 is 0 Å². The van der Waals surface area contributed by atoms with Crippen LogP contribution in [-0.4, -0.2) is 27.5 Å². The average Bonchev–Trinajstić information content (AvgIpc) is 3.38. The topological polar surface area (TPSA) is 84.0 Å². The lowest BCUT2D eigenvalue weighted by Crippen LogP contribution is -2.41. The van der Waals surface area contributed by atoms with Crippen LogP contribution in [0.5, 0.6) is 0 Å². The number of hydrazine groups is 1. The fourth-order valence-electron chi connectivity index (χ4n) is 3.28. The molecule has 0 spiro atoms. The van der Waals surface area contributed by atoms with E-state index in [2.05, 4.69) is 17.8 Å². The maximum atomic E-state index is 12.0. The Labute approximate surface area is 160 Å². The van der Waals surface area contributed by atoms with Crippen LogP contribution < -0.4 is 10.9 Å². The van der Waals surface area contributed by atoms with Crippen LogP contribution in [-0.2, 0) is 22.4 Å². The molecule has 1 fully saturated rings. The Morgan fingerprint density at radius 3 is 2.77 bits per heavy atom. The second-order valence-electron chi connectivity index (χ2n) is 7.21. The number of hydrogen-bond donors (Lipinski definition) is 2. The molecule has 2 heterocycles. The van der Waals surface area contributed by atoms with E-state index in [1.165, 1.54) is 35.5 Å². The molecule has 2 aromatic heterocycles. The molecule has 0 radical (unpaired) electrons. The third-order valence-electron chi connectivity index (χ3n) is 4.80. The number of aromatic nitrogens is 2. The average molecular weight is 391 g/mol. The van der Waals surface area contributed by atoms with Crippen molar-refractivity contribution in [2.45, 2.75) is 56.9 Å². The molecule has 4 rings (SSSR count). The van der Waals surface area contributed by atoms with E-state index in [1.807, 2.05) is 0 Å². The van der Waals surface area contributed by atoms with Crippen LogP contribution >= 0.6 is 23.1 Å². The number of thiophene rings is 1. The first-order valence-electron chi connectivity index (χ1n) is 9.01. The van der Waals surface area contributed by atoms with Gasteiger partial charge in [-0.2, -0.15) is 0 Å². The Hall–Kier alpha value is -1.67. The zero-order valence-corrected chi connectivity index (χ0v) is 16.6. The summed E-state index contributed by atoms with van der Waals surface area (Å²) in [6.45, 7) is 3.67. The number of thioether (sulfide) groups is 1. The fourth-order valence-corrected chi connectivity index (χ4v) is 5.60. The number of carbonyl (C=O) groups is 2. The van der Waals surface area contributed by atoms with Gasteiger partial charge in [-0.05, 0) is 43.6 Å². The normalized spacial score (nSPS) is 19.2. The second kappa shape index (κ2) is 7.15. The SMILES string of the molecule is CC(=O)NNC(=O)CSc1nc(C2CC2)nc2sc3c(c12)CCC(C)C3. The summed E-state index contributed by atoms with van der Waals surface area (Å²) in [6, 6.07) is 0. The minimum absolute atomic E-state index is 0.220. The number of nitrogens with one attached hydrogen (secondary N) is 2. The Kier molecular flexibility index (Phi) is 4.88. The summed E-state index contributed by atoms with van der Waals surface area (Å²) in [6.07, 6.45) is 5.67. The third-order valence-corrected chi connectivity index (χ3v) is 6.92. The quantitative estimate of drug-likeness (QED) is 0.476. The van der Waals surface area contributed by atoms with Gasteiger partial charge in [-0.3, -0.25) is 20.4 Å². The van der Waals surface area contributed by atoms with E-state index in [4.69, 9.17) is 9.97 Å². The minimum Gasteiger partial charge on any atom is -0.274 e. The van der Waals surface area contributed by atoms with Crippen LogP contribution in [0, 0.1) is 5.92 Å². The molecule has 2 aliphatic rings. The van der Waals surface area contributed by atoms with Crippen molar-refractivity contribution in [3.05, 3.63) is 16.3 Å². The Morgan fingerprint density at radius 2 is 2.04 bits per heavy atom. The lowest BCUT2D eigenvalue weighted by Gasteiger charge is -2.18. The Morgan fingerprint density at radius 1 is 1.23 bits per heavy atom. The molecule has 138 valence electrons. The zero-order chi connectivity index (χ0) is 18.3. The number of rotatable bonds is 4. The predicted octanol–water partition coefficient (Wildman–Crippen LogP) is 2.95. The maximum Gasteiger partial charge on any atom is 0.248 e. The van der Waals surface area contributed by atoms with Crippen molar-refractivity contribution in [2.24, 2.45) is 5.92 Å². The van der Waals surface area contributed by atoms with Gasteiger partial charge in [0.25, 0.3) is 0 Å². The molecule has 0 aliphatic heterocycles. The van der Waals surface area contributed by atoms with Gasteiger partial charge >= 0.3 is 0 Å². The van der Waals surface area contributed by atoms with Crippen molar-refractivity contribution in [2.75, 3.05) is 5.75 Å². The van der Waals surface area contributed by atoms with Crippen molar-refractivity contribution in [1.29, 1.82) is 0 Å². The van der Waals surface area contributed by atoms with Gasteiger partial charge in [0.2, 0.25) is 11.8 Å². The summed E-state index contributed by atoms with van der Waals surface area (Å²) in [7, 11) is 0. The monoisotopic (exact) mass is 390 g/mol. The molecule has 2 aromatic rings. The van der Waals surface area contributed by atoms with E-state index in [9.17, 15) is 9.59 Å². The van der Waals surface area contributed by atoms with Gasteiger partial charge < -0.3 is 0 Å². The van der Waals surface area contributed by atoms with Crippen LogP contribution in [0.15, 0.2) is 5.03 Å². The molecule has 0 aromatic carbocycles. The highest BCUT2D eigenvalue weighted by molar-refractivity contribution is 8.00. The van der Waals surface area contributed by atoms with E-state index in [0.29, 0.717) is 11.8 Å². The molecule has 2 amide bonds. The van der Waals surface area contributed by atoms with Crippen LogP contribution in [0.3, 0.4) is 0 Å². The number of nitrogens with zero attached hydrogens (tertiary/aromatic N) is 2. The van der Waals surface area contributed by atoms with Crippen molar-refractivity contribution in [3.8, 4) is 0 Å². The highest BCUT2D eigenvalue weighted by Crippen LogP contribution is 2.44. The van der Waals surface area contributed by atoms with E-state index in [0.717, 1.165) is 46.8 Å². The summed E-state index contributed by atoms with van der Waals surface area (Å²) in [5, 5.41) is 2.07. The summed E-state index contributed by atoms with van der Waals surface area (Å²) >= 11 is 3.24. The molecule has 0 bridgehead atoms. The van der Waals surface area contributed by atoms with Gasteiger partial charge in [-0.1, -0.05) is 18.7 Å².